The van der Waals surface area contributed by atoms with E-state index in [9.17, 15) is 4.79 Å². The Morgan fingerprint density at radius 3 is 2.46 bits per heavy atom. The van der Waals surface area contributed by atoms with Crippen molar-refractivity contribution in [2.75, 3.05) is 64.4 Å². The Bertz CT molecular complexity index is 1340. The van der Waals surface area contributed by atoms with Crippen molar-refractivity contribution < 1.29 is 19.4 Å². The van der Waals surface area contributed by atoms with Gasteiger partial charge >= 0.3 is 5.97 Å². The van der Waals surface area contributed by atoms with Gasteiger partial charge in [0.25, 0.3) is 0 Å². The second-order valence-corrected chi connectivity index (χ2v) is 12.0. The Balaban J connectivity index is 1.16. The number of thiocarbonyl (C=S) groups is 1. The smallest absolute Gasteiger partial charge is 0.335 e. The Morgan fingerprint density at radius 2 is 1.76 bits per heavy atom. The first-order valence-corrected chi connectivity index (χ1v) is 15.6. The lowest BCUT2D eigenvalue weighted by Gasteiger charge is -2.36. The van der Waals surface area contributed by atoms with Crippen LogP contribution in [0.3, 0.4) is 0 Å². The van der Waals surface area contributed by atoms with Crippen molar-refractivity contribution in [1.82, 2.24) is 19.8 Å². The number of ether oxygens (including phenoxy) is 2. The van der Waals surface area contributed by atoms with Crippen molar-refractivity contribution in [3.8, 4) is 11.5 Å². The van der Waals surface area contributed by atoms with Gasteiger partial charge in [0.05, 0.1) is 24.8 Å². The van der Waals surface area contributed by atoms with Gasteiger partial charge in [0.15, 0.2) is 11.5 Å². The molecule has 9 nitrogen and oxygen atoms in total. The van der Waals surface area contributed by atoms with E-state index in [1.165, 1.54) is 32.4 Å². The minimum Gasteiger partial charge on any atom is -0.493 e. The number of hydrogen-bond donors (Lipinski definition) is 1. The number of aromatic carboxylic acids is 1. The van der Waals surface area contributed by atoms with Crippen LogP contribution in [0.5, 0.6) is 11.5 Å². The van der Waals surface area contributed by atoms with E-state index >= 15 is 0 Å². The van der Waals surface area contributed by atoms with Gasteiger partial charge in [0, 0.05) is 49.9 Å². The van der Waals surface area contributed by atoms with Crippen molar-refractivity contribution in [2.24, 2.45) is 0 Å². The lowest BCUT2D eigenvalue weighted by molar-refractivity contribution is 0.0697. The second-order valence-electron chi connectivity index (χ2n) is 10.4. The predicted octanol–water partition coefficient (Wildman–Crippen LogP) is 4.93. The fraction of sp³-hybridized carbons (Fsp3) is 0.467. The van der Waals surface area contributed by atoms with Gasteiger partial charge in [0.1, 0.15) is 16.5 Å². The van der Waals surface area contributed by atoms with Gasteiger partial charge in [-0.15, -0.1) is 0 Å². The van der Waals surface area contributed by atoms with Crippen LogP contribution in [0, 0.1) is 0 Å². The molecule has 2 aliphatic rings. The number of piperidine rings is 1. The molecule has 5 rings (SSSR count). The molecule has 3 heterocycles. The standard InChI is InChI=1S/C30H37N5O4S2/c1-38-26-18-24-25(19-27(26)39-17-5-12-33-10-3-2-4-11-33)31-21-32-28(24)34-13-15-35(16-14-34)30(40)41-20-22-6-8-23(9-7-22)29(36)37/h6-9,18-19,21H,2-5,10-17,20H2,1H3,(H,36,37). The van der Waals surface area contributed by atoms with E-state index in [1.807, 2.05) is 24.3 Å². The number of likely N-dealkylation sites (tertiary alicyclic amines) is 1. The van der Waals surface area contributed by atoms with Crippen molar-refractivity contribution in [3.05, 3.63) is 53.9 Å². The number of aromatic nitrogens is 2. The minimum atomic E-state index is -0.917. The first-order valence-electron chi connectivity index (χ1n) is 14.2. The molecule has 2 fully saturated rings. The zero-order valence-electron chi connectivity index (χ0n) is 23.5. The molecule has 0 aliphatic carbocycles. The Kier molecular flexibility index (Phi) is 10.1. The van der Waals surface area contributed by atoms with E-state index in [0.717, 1.165) is 65.7 Å². The topological polar surface area (TPSA) is 91.3 Å². The van der Waals surface area contributed by atoms with Gasteiger partial charge in [0.2, 0.25) is 0 Å². The molecule has 2 saturated heterocycles. The summed E-state index contributed by atoms with van der Waals surface area (Å²) >= 11 is 7.32. The van der Waals surface area contributed by atoms with Crippen molar-refractivity contribution in [2.45, 2.75) is 31.4 Å². The SMILES string of the molecule is COc1cc2c(N3CCN(C(=S)SCc4ccc(C(=O)O)cc4)CC3)ncnc2cc1OCCCN1CCCCC1. The van der Waals surface area contributed by atoms with E-state index in [1.54, 1.807) is 37.3 Å². The molecular formula is C30H37N5O4S2. The number of thioether (sulfide) groups is 1. The maximum Gasteiger partial charge on any atom is 0.335 e. The third-order valence-corrected chi connectivity index (χ3v) is 9.22. The molecule has 11 heteroatoms. The second kappa shape index (κ2) is 14.2. The van der Waals surface area contributed by atoms with Crippen LogP contribution in [-0.2, 0) is 5.75 Å². The van der Waals surface area contributed by atoms with E-state index in [-0.39, 0.29) is 0 Å². The van der Waals surface area contributed by atoms with Gasteiger partial charge in [-0.2, -0.15) is 0 Å². The number of carboxylic acid groups (broad SMARTS) is 1. The first kappa shape index (κ1) is 29.3. The molecule has 41 heavy (non-hydrogen) atoms. The quantitative estimate of drug-likeness (QED) is 0.256. The van der Waals surface area contributed by atoms with Crippen molar-refractivity contribution in [1.29, 1.82) is 0 Å². The van der Waals surface area contributed by atoms with Gasteiger partial charge < -0.3 is 29.3 Å². The van der Waals surface area contributed by atoms with Crippen LogP contribution in [0.15, 0.2) is 42.7 Å². The lowest BCUT2D eigenvalue weighted by Crippen LogP contribution is -2.48. The highest BCUT2D eigenvalue weighted by atomic mass is 32.2. The molecule has 0 bridgehead atoms. The van der Waals surface area contributed by atoms with Crippen LogP contribution < -0.4 is 14.4 Å². The summed E-state index contributed by atoms with van der Waals surface area (Å²) < 4.78 is 12.7. The normalized spacial score (nSPS) is 16.1. The molecule has 0 amide bonds. The summed E-state index contributed by atoms with van der Waals surface area (Å²) in [5.74, 6) is 2.09. The third-order valence-electron chi connectivity index (χ3n) is 7.63. The molecule has 2 aromatic carbocycles. The number of fused-ring (bicyclic) bond motifs is 1. The highest BCUT2D eigenvalue weighted by Gasteiger charge is 2.23. The van der Waals surface area contributed by atoms with E-state index in [0.29, 0.717) is 29.4 Å². The molecule has 218 valence electrons. The zero-order valence-corrected chi connectivity index (χ0v) is 25.1. The number of anilines is 1. The highest BCUT2D eigenvalue weighted by molar-refractivity contribution is 8.22. The van der Waals surface area contributed by atoms with Crippen LogP contribution in [-0.4, -0.2) is 94.7 Å². The molecule has 0 spiro atoms. The summed E-state index contributed by atoms with van der Waals surface area (Å²) in [6.07, 6.45) is 6.55. The number of methoxy groups -OCH3 is 1. The largest absolute Gasteiger partial charge is 0.493 e. The molecule has 0 unspecified atom stereocenters. The lowest BCUT2D eigenvalue weighted by atomic mass is 10.1. The Labute approximate surface area is 250 Å². The summed E-state index contributed by atoms with van der Waals surface area (Å²) in [4.78, 5) is 27.3. The van der Waals surface area contributed by atoms with Gasteiger partial charge in [-0.3, -0.25) is 0 Å². The predicted molar refractivity (Wildman–Crippen MR) is 168 cm³/mol. The van der Waals surface area contributed by atoms with E-state index in [4.69, 9.17) is 26.8 Å². The number of rotatable bonds is 10. The minimum absolute atomic E-state index is 0.291. The summed E-state index contributed by atoms with van der Waals surface area (Å²) in [5.41, 5.74) is 2.18. The van der Waals surface area contributed by atoms with Crippen molar-refractivity contribution in [3.63, 3.8) is 0 Å². The highest BCUT2D eigenvalue weighted by Crippen LogP contribution is 2.35. The first-order chi connectivity index (χ1) is 20.0. The fourth-order valence-corrected chi connectivity index (χ4v) is 6.52. The molecule has 1 N–H and O–H groups in total. The van der Waals surface area contributed by atoms with Crippen LogP contribution in [0.1, 0.15) is 41.6 Å². The molecular weight excluding hydrogens is 558 g/mol. The average Bonchev–Trinajstić information content (AvgIpc) is 3.02. The molecule has 0 radical (unpaired) electrons. The van der Waals surface area contributed by atoms with Gasteiger partial charge in [-0.25, -0.2) is 14.8 Å². The van der Waals surface area contributed by atoms with Crippen LogP contribution in [0.4, 0.5) is 5.82 Å². The van der Waals surface area contributed by atoms with Gasteiger partial charge in [-0.1, -0.05) is 42.5 Å². The van der Waals surface area contributed by atoms with Crippen LogP contribution in [0.2, 0.25) is 0 Å². The fourth-order valence-electron chi connectivity index (χ4n) is 5.31. The molecule has 0 saturated carbocycles. The number of piperazine rings is 1. The summed E-state index contributed by atoms with van der Waals surface area (Å²) in [7, 11) is 1.67. The molecule has 0 atom stereocenters. The van der Waals surface area contributed by atoms with E-state index in [2.05, 4.69) is 24.7 Å². The Morgan fingerprint density at radius 1 is 1.00 bits per heavy atom. The summed E-state index contributed by atoms with van der Waals surface area (Å²) in [6, 6.07) is 10.9. The maximum absolute atomic E-state index is 11.1. The monoisotopic (exact) mass is 595 g/mol. The summed E-state index contributed by atoms with van der Waals surface area (Å²) in [6.45, 7) is 7.27. The Hall–Kier alpha value is -3.15. The van der Waals surface area contributed by atoms with Crippen LogP contribution >= 0.6 is 24.0 Å². The molecule has 2 aliphatic heterocycles. The number of carbonyl (C=O) groups is 1. The third kappa shape index (κ3) is 7.58. The van der Waals surface area contributed by atoms with Crippen LogP contribution in [0.25, 0.3) is 10.9 Å². The zero-order chi connectivity index (χ0) is 28.6. The number of nitrogens with zero attached hydrogens (tertiary/aromatic N) is 5. The average molecular weight is 596 g/mol. The van der Waals surface area contributed by atoms with E-state index < -0.39 is 5.97 Å². The van der Waals surface area contributed by atoms with Crippen molar-refractivity contribution >= 4 is 51.0 Å². The maximum atomic E-state index is 11.1. The number of benzene rings is 2. The molecule has 3 aromatic rings. The number of carboxylic acids is 1. The summed E-state index contributed by atoms with van der Waals surface area (Å²) in [5, 5.41) is 10.0. The number of hydrogen-bond acceptors (Lipinski definition) is 9. The van der Waals surface area contributed by atoms with Gasteiger partial charge in [-0.05, 0) is 56.1 Å². The molecule has 1 aromatic heterocycles.